The monoisotopic (exact) mass is 552 g/mol. The summed E-state index contributed by atoms with van der Waals surface area (Å²) in [5.74, 6) is -0.809. The molecule has 216 valence electrons. The number of benzene rings is 1. The molecule has 1 aromatic carbocycles. The third-order valence-electron chi connectivity index (χ3n) is 7.55. The molecule has 0 spiro atoms. The summed E-state index contributed by atoms with van der Waals surface area (Å²) >= 11 is 0. The Morgan fingerprint density at radius 1 is 1.15 bits per heavy atom. The fourth-order valence-corrected chi connectivity index (χ4v) is 4.61. The zero-order valence-electron chi connectivity index (χ0n) is 24.3. The third-order valence-corrected chi connectivity index (χ3v) is 7.55. The summed E-state index contributed by atoms with van der Waals surface area (Å²) in [4.78, 5) is 37.4. The first kappa shape index (κ1) is 30.5. The Balaban J connectivity index is 1.76. The average molecular weight is 553 g/mol. The number of carbonyl (C=O) groups is 2. The number of ether oxygens (including phenoxy) is 2. The van der Waals surface area contributed by atoms with Crippen LogP contribution >= 0.6 is 0 Å². The molecular weight excluding hydrogens is 512 g/mol. The van der Waals surface area contributed by atoms with E-state index in [0.29, 0.717) is 12.8 Å². The van der Waals surface area contributed by atoms with Gasteiger partial charge in [0, 0.05) is 53.7 Å². The summed E-state index contributed by atoms with van der Waals surface area (Å²) in [7, 11) is 3.22. The average Bonchev–Trinajstić information content (AvgIpc) is 3.26. The van der Waals surface area contributed by atoms with Crippen LogP contribution in [0.4, 0.5) is 4.79 Å². The van der Waals surface area contributed by atoms with Gasteiger partial charge in [-0.25, -0.2) is 9.59 Å². The molecule has 0 fully saturated rings. The number of aromatic nitrogens is 1. The number of Topliss-reactive ketones (excluding diaryl/α,β-unsaturated/α-hetero) is 1. The smallest absolute Gasteiger partial charge is 0.410 e. The van der Waals surface area contributed by atoms with Crippen molar-refractivity contribution in [2.45, 2.75) is 71.8 Å². The van der Waals surface area contributed by atoms with Gasteiger partial charge in [0.1, 0.15) is 22.8 Å². The van der Waals surface area contributed by atoms with E-state index in [1.807, 2.05) is 56.7 Å². The molecular formula is C31H40N2O7. The molecule has 3 aromatic rings. The highest BCUT2D eigenvalue weighted by Crippen LogP contribution is 2.34. The predicted octanol–water partition coefficient (Wildman–Crippen LogP) is 6.39. The topological polar surface area (TPSA) is 120 Å². The van der Waals surface area contributed by atoms with E-state index >= 15 is 0 Å². The Morgan fingerprint density at radius 2 is 1.88 bits per heavy atom. The molecule has 2 heterocycles. The first-order valence-electron chi connectivity index (χ1n) is 13.6. The maximum Gasteiger partial charge on any atom is 0.410 e. The van der Waals surface area contributed by atoms with Crippen LogP contribution in [0.25, 0.3) is 10.9 Å². The lowest BCUT2D eigenvalue weighted by molar-refractivity contribution is 0.0906. The lowest BCUT2D eigenvalue weighted by Gasteiger charge is -2.20. The molecule has 0 radical (unpaired) electrons. The van der Waals surface area contributed by atoms with Gasteiger partial charge in [0.05, 0.1) is 13.2 Å². The second kappa shape index (κ2) is 13.4. The minimum absolute atomic E-state index is 0.109. The summed E-state index contributed by atoms with van der Waals surface area (Å²) in [6.45, 7) is 9.64. The summed E-state index contributed by atoms with van der Waals surface area (Å²) in [6.07, 6.45) is 4.85. The number of fused-ring (bicyclic) bond motifs is 1. The van der Waals surface area contributed by atoms with E-state index in [0.717, 1.165) is 28.8 Å². The van der Waals surface area contributed by atoms with Gasteiger partial charge in [-0.2, -0.15) is 0 Å². The van der Waals surface area contributed by atoms with Crippen LogP contribution < -0.4 is 15.7 Å². The molecule has 3 rings (SSSR count). The Bertz CT molecular complexity index is 1440. The van der Waals surface area contributed by atoms with Gasteiger partial charge < -0.3 is 23.6 Å². The number of methoxy groups -OCH3 is 1. The van der Waals surface area contributed by atoms with Crippen LogP contribution in [0.5, 0.6) is 11.5 Å². The number of allylic oxidation sites excluding steroid dienone is 1. The predicted molar refractivity (Wildman–Crippen MR) is 154 cm³/mol. The van der Waals surface area contributed by atoms with Crippen LogP contribution in [-0.4, -0.2) is 34.8 Å². The van der Waals surface area contributed by atoms with Gasteiger partial charge in [-0.15, -0.1) is 0 Å². The Hall–Kier alpha value is -4.01. The molecule has 2 aromatic heterocycles. The Labute approximate surface area is 234 Å². The molecule has 9 nitrogen and oxygen atoms in total. The SMILES string of the molecule is CCC(C)Oc1ccc2c(c1)cc([C@@H](C)C(C)C(=O)c1c(O)cc(C(C)CC/C=C/NC(=O)OC)oc1=O)n2C. The second-order valence-corrected chi connectivity index (χ2v) is 10.3. The van der Waals surface area contributed by atoms with E-state index in [-0.39, 0.29) is 35.0 Å². The van der Waals surface area contributed by atoms with Gasteiger partial charge in [0.25, 0.3) is 0 Å². The van der Waals surface area contributed by atoms with E-state index < -0.39 is 23.4 Å². The van der Waals surface area contributed by atoms with Gasteiger partial charge in [-0.3, -0.25) is 10.1 Å². The standard InChI is InChI=1S/C31H40N2O7/c1-8-19(3)39-23-12-13-24-22(15-23)16-25(33(24)6)20(4)21(5)29(35)28-26(34)17-27(40-30(28)36)18(2)11-9-10-14-32-31(37)38-7/h10,12-21,34H,8-9,11H2,1-7H3,(H,32,37)/b14-10+/t18?,19?,20-,21?/m0/s1. The van der Waals surface area contributed by atoms with Gasteiger partial charge in [-0.05, 0) is 50.5 Å². The number of amides is 1. The number of rotatable bonds is 12. The summed E-state index contributed by atoms with van der Waals surface area (Å²) in [5.41, 5.74) is 0.758. The van der Waals surface area contributed by atoms with Crippen molar-refractivity contribution in [2.75, 3.05) is 7.11 Å². The number of aromatic hydroxyl groups is 1. The van der Waals surface area contributed by atoms with Crippen molar-refractivity contribution in [2.24, 2.45) is 13.0 Å². The maximum absolute atomic E-state index is 13.4. The number of hydrogen-bond acceptors (Lipinski definition) is 7. The van der Waals surface area contributed by atoms with Gasteiger partial charge in [0.2, 0.25) is 0 Å². The molecule has 4 atom stereocenters. The Morgan fingerprint density at radius 3 is 2.52 bits per heavy atom. The van der Waals surface area contributed by atoms with Gasteiger partial charge in [0.15, 0.2) is 5.78 Å². The van der Waals surface area contributed by atoms with Crippen LogP contribution in [-0.2, 0) is 11.8 Å². The highest BCUT2D eigenvalue weighted by atomic mass is 16.5. The van der Waals surface area contributed by atoms with Gasteiger partial charge >= 0.3 is 11.7 Å². The summed E-state index contributed by atoms with van der Waals surface area (Å²) in [6, 6.07) is 9.33. The minimum atomic E-state index is -0.849. The number of hydrogen-bond donors (Lipinski definition) is 2. The van der Waals surface area contributed by atoms with Crippen molar-refractivity contribution in [1.82, 2.24) is 9.88 Å². The zero-order chi connectivity index (χ0) is 29.6. The molecule has 9 heteroatoms. The largest absolute Gasteiger partial charge is 0.507 e. The third kappa shape index (κ3) is 6.94. The highest BCUT2D eigenvalue weighted by molar-refractivity contribution is 6.00. The highest BCUT2D eigenvalue weighted by Gasteiger charge is 2.30. The molecule has 0 aliphatic rings. The lowest BCUT2D eigenvalue weighted by Crippen LogP contribution is -2.25. The van der Waals surface area contributed by atoms with E-state index in [9.17, 15) is 19.5 Å². The van der Waals surface area contributed by atoms with E-state index in [1.54, 1.807) is 13.0 Å². The second-order valence-electron chi connectivity index (χ2n) is 10.3. The van der Waals surface area contributed by atoms with Crippen molar-refractivity contribution in [3.05, 3.63) is 70.0 Å². The van der Waals surface area contributed by atoms with Crippen molar-refractivity contribution in [1.29, 1.82) is 0 Å². The first-order chi connectivity index (χ1) is 19.0. The Kier molecular flexibility index (Phi) is 10.2. The van der Waals surface area contributed by atoms with Crippen molar-refractivity contribution < 1.29 is 28.6 Å². The quantitative estimate of drug-likeness (QED) is 0.250. The van der Waals surface area contributed by atoms with Crippen LogP contribution in [0.1, 0.15) is 87.5 Å². The van der Waals surface area contributed by atoms with Crippen LogP contribution in [0.3, 0.4) is 0 Å². The first-order valence-corrected chi connectivity index (χ1v) is 13.6. The number of aryl methyl sites for hydroxylation is 1. The van der Waals surface area contributed by atoms with Crippen LogP contribution in [0.15, 0.2) is 51.8 Å². The van der Waals surface area contributed by atoms with E-state index in [4.69, 9.17) is 9.15 Å². The van der Waals surface area contributed by atoms with Crippen molar-refractivity contribution >= 4 is 22.8 Å². The van der Waals surface area contributed by atoms with E-state index in [1.165, 1.54) is 19.4 Å². The molecule has 0 bridgehead atoms. The number of nitrogens with zero attached hydrogens (tertiary/aromatic N) is 1. The summed E-state index contributed by atoms with van der Waals surface area (Å²) < 4.78 is 18.0. The molecule has 0 saturated heterocycles. The molecule has 40 heavy (non-hydrogen) atoms. The number of alkyl carbamates (subject to hydrolysis) is 1. The molecule has 0 aliphatic heterocycles. The van der Waals surface area contributed by atoms with Crippen LogP contribution in [0.2, 0.25) is 0 Å². The fourth-order valence-electron chi connectivity index (χ4n) is 4.61. The zero-order valence-corrected chi connectivity index (χ0v) is 24.3. The minimum Gasteiger partial charge on any atom is -0.507 e. The van der Waals surface area contributed by atoms with Gasteiger partial charge in [-0.1, -0.05) is 33.8 Å². The lowest BCUT2D eigenvalue weighted by atomic mass is 9.86. The number of nitrogens with one attached hydrogen (secondary N) is 1. The van der Waals surface area contributed by atoms with Crippen LogP contribution in [0, 0.1) is 5.92 Å². The molecule has 0 aliphatic carbocycles. The maximum atomic E-state index is 13.4. The van der Waals surface area contributed by atoms with Crippen molar-refractivity contribution in [3.63, 3.8) is 0 Å². The molecule has 2 N–H and O–H groups in total. The van der Waals surface area contributed by atoms with Crippen molar-refractivity contribution in [3.8, 4) is 11.5 Å². The van der Waals surface area contributed by atoms with E-state index in [2.05, 4.69) is 17.0 Å². The number of carbonyl (C=O) groups excluding carboxylic acids is 2. The normalized spacial score (nSPS) is 14.6. The number of ketones is 1. The molecule has 0 saturated carbocycles. The molecule has 3 unspecified atom stereocenters. The summed E-state index contributed by atoms with van der Waals surface area (Å²) in [5, 5.41) is 14.1. The fraction of sp³-hybridized carbons (Fsp3) is 0.452. The molecule has 1 amide bonds.